The van der Waals surface area contributed by atoms with Crippen molar-refractivity contribution in [2.45, 2.75) is 19.3 Å². The van der Waals surface area contributed by atoms with Crippen molar-refractivity contribution < 1.29 is 0 Å². The number of nitriles is 1. The second-order valence-electron chi connectivity index (χ2n) is 12.4. The van der Waals surface area contributed by atoms with Crippen LogP contribution in [0, 0.1) is 17.9 Å². The highest BCUT2D eigenvalue weighted by Gasteiger charge is 2.40. The summed E-state index contributed by atoms with van der Waals surface area (Å²) < 4.78 is 2.46. The maximum atomic E-state index is 9.29. The Hall–Kier alpha value is -5.72. The van der Waals surface area contributed by atoms with Crippen molar-refractivity contribution in [3.8, 4) is 38.8 Å². The van der Waals surface area contributed by atoms with E-state index in [1.165, 1.54) is 53.2 Å². The number of thiophene rings is 2. The van der Waals surface area contributed by atoms with E-state index in [1.807, 2.05) is 23.5 Å². The van der Waals surface area contributed by atoms with Gasteiger partial charge in [-0.15, -0.1) is 22.7 Å². The van der Waals surface area contributed by atoms with E-state index in [9.17, 15) is 5.26 Å². The summed E-state index contributed by atoms with van der Waals surface area (Å²) in [5.41, 5.74) is 12.0. The highest BCUT2D eigenvalue weighted by molar-refractivity contribution is 7.30. The van der Waals surface area contributed by atoms with Crippen LogP contribution in [-0.2, 0) is 5.41 Å². The van der Waals surface area contributed by atoms with E-state index in [0.29, 0.717) is 0 Å². The van der Waals surface area contributed by atoms with Crippen LogP contribution in [0.2, 0.25) is 0 Å². The molecule has 0 fully saturated rings. The highest BCUT2D eigenvalue weighted by atomic mass is 32.1. The Labute approximate surface area is 288 Å². The van der Waals surface area contributed by atoms with Crippen molar-refractivity contribution >= 4 is 55.2 Å². The number of fused-ring (bicyclic) bond motifs is 5. The van der Waals surface area contributed by atoms with Gasteiger partial charge >= 0.3 is 0 Å². The zero-order chi connectivity index (χ0) is 32.8. The maximum Gasteiger partial charge on any atom is 0.263 e. The molecule has 0 bridgehead atoms. The van der Waals surface area contributed by atoms with Gasteiger partial charge in [0.25, 0.3) is 5.70 Å². The summed E-state index contributed by atoms with van der Waals surface area (Å²) >= 11 is 3.48. The molecule has 228 valence electrons. The molecule has 0 amide bonds. The third kappa shape index (κ3) is 5.02. The van der Waals surface area contributed by atoms with Gasteiger partial charge < -0.3 is 4.90 Å². The van der Waals surface area contributed by atoms with E-state index in [4.69, 9.17) is 6.57 Å². The first kappa shape index (κ1) is 29.7. The molecule has 0 N–H and O–H groups in total. The number of allylic oxidation sites excluding steroid dienone is 1. The standard InChI is InChI=1S/C43H29N3S2/c1-43(2)38-25-35(22-23-37(38)41-40(43)42-39(48-41)26-36(47-42)24-32(27-44)45-3)46(33-12-8-5-9-13-33)34-20-18-31(19-21-34)30-16-14-29(15-17-30)28-10-6-4-7-11-28/h4-26H,1-2H3/b32-24-. The molecule has 0 saturated heterocycles. The Kier molecular flexibility index (Phi) is 7.30. The third-order valence-corrected chi connectivity index (χ3v) is 11.6. The van der Waals surface area contributed by atoms with Gasteiger partial charge in [-0.05, 0) is 87.5 Å². The number of hydrogen-bond acceptors (Lipinski definition) is 4. The SMILES string of the molecule is [C-]#[N+]/C(C#N)=C\c1cc2sc3c(c2s1)C(C)(C)c1cc(N(c2ccccc2)c2ccc(-c4ccc(-c5ccccc5)cc4)cc2)ccc1-3. The van der Waals surface area contributed by atoms with Crippen LogP contribution in [-0.4, -0.2) is 0 Å². The lowest BCUT2D eigenvalue weighted by molar-refractivity contribution is 0.668. The molecule has 7 aromatic rings. The second kappa shape index (κ2) is 11.8. The fourth-order valence-corrected chi connectivity index (χ4v) is 9.73. The van der Waals surface area contributed by atoms with Gasteiger partial charge in [0.05, 0.1) is 17.3 Å². The molecule has 48 heavy (non-hydrogen) atoms. The van der Waals surface area contributed by atoms with Gasteiger partial charge in [-0.3, -0.25) is 0 Å². The van der Waals surface area contributed by atoms with Gasteiger partial charge in [-0.1, -0.05) is 105 Å². The predicted octanol–water partition coefficient (Wildman–Crippen LogP) is 12.9. The van der Waals surface area contributed by atoms with Crippen molar-refractivity contribution in [2.75, 3.05) is 4.90 Å². The number of hydrogen-bond donors (Lipinski definition) is 0. The lowest BCUT2D eigenvalue weighted by Gasteiger charge is -2.28. The van der Waals surface area contributed by atoms with Crippen LogP contribution >= 0.6 is 22.7 Å². The molecule has 1 aliphatic rings. The third-order valence-electron chi connectivity index (χ3n) is 9.17. The smallest absolute Gasteiger partial charge is 0.263 e. The summed E-state index contributed by atoms with van der Waals surface area (Å²) in [5.74, 6) is 0. The molecule has 0 spiro atoms. The zero-order valence-corrected chi connectivity index (χ0v) is 28.1. The van der Waals surface area contributed by atoms with Gasteiger partial charge in [0.1, 0.15) is 0 Å². The minimum absolute atomic E-state index is 0.114. The topological polar surface area (TPSA) is 31.4 Å². The fraction of sp³-hybridized carbons (Fsp3) is 0.0698. The van der Waals surface area contributed by atoms with Gasteiger partial charge in [0.2, 0.25) is 0 Å². The summed E-state index contributed by atoms with van der Waals surface area (Å²) in [4.78, 5) is 7.96. The molecular formula is C43H29N3S2. The van der Waals surface area contributed by atoms with Crippen LogP contribution in [0.25, 0.3) is 53.0 Å². The minimum Gasteiger partial charge on any atom is -0.310 e. The van der Waals surface area contributed by atoms with E-state index < -0.39 is 0 Å². The summed E-state index contributed by atoms with van der Waals surface area (Å²) in [5, 5.41) is 9.29. The number of rotatable bonds is 6. The second-order valence-corrected chi connectivity index (χ2v) is 14.6. The minimum atomic E-state index is -0.208. The quantitative estimate of drug-likeness (QED) is 0.132. The van der Waals surface area contributed by atoms with Gasteiger partial charge in [-0.25, -0.2) is 10.1 Å². The monoisotopic (exact) mass is 651 g/mol. The van der Waals surface area contributed by atoms with Crippen molar-refractivity contribution in [2.24, 2.45) is 0 Å². The summed E-state index contributed by atoms with van der Waals surface area (Å²) in [6, 6.07) is 49.7. The highest BCUT2D eigenvalue weighted by Crippen LogP contribution is 2.58. The molecule has 0 saturated carbocycles. The van der Waals surface area contributed by atoms with Crippen molar-refractivity contribution in [1.82, 2.24) is 0 Å². The van der Waals surface area contributed by atoms with Crippen molar-refractivity contribution in [3.63, 3.8) is 0 Å². The lowest BCUT2D eigenvalue weighted by atomic mass is 9.82. The van der Waals surface area contributed by atoms with E-state index >= 15 is 0 Å². The molecule has 0 atom stereocenters. The molecular weight excluding hydrogens is 623 g/mol. The van der Waals surface area contributed by atoms with Gasteiger partial charge in [0, 0.05) is 36.9 Å². The van der Waals surface area contributed by atoms with Crippen molar-refractivity contribution in [3.05, 3.63) is 167 Å². The van der Waals surface area contributed by atoms with Crippen molar-refractivity contribution in [1.29, 1.82) is 5.26 Å². The summed E-state index contributed by atoms with van der Waals surface area (Å²) in [7, 11) is 0. The average Bonchev–Trinajstić information content (AvgIpc) is 3.75. The van der Waals surface area contributed by atoms with Crippen LogP contribution in [0.5, 0.6) is 0 Å². The molecule has 1 aliphatic carbocycles. The number of nitrogens with zero attached hydrogens (tertiary/aromatic N) is 3. The number of para-hydroxylation sites is 1. The Balaban J connectivity index is 1.15. The largest absolute Gasteiger partial charge is 0.310 e. The van der Waals surface area contributed by atoms with Gasteiger partial charge in [0.15, 0.2) is 0 Å². The number of anilines is 3. The van der Waals surface area contributed by atoms with E-state index in [-0.39, 0.29) is 11.1 Å². The van der Waals surface area contributed by atoms with E-state index in [1.54, 1.807) is 17.4 Å². The zero-order valence-electron chi connectivity index (χ0n) is 26.4. The Morgan fingerprint density at radius 2 is 1.27 bits per heavy atom. The number of benzene rings is 5. The molecule has 5 heteroatoms. The van der Waals surface area contributed by atoms with Crippen LogP contribution in [0.4, 0.5) is 17.1 Å². The van der Waals surface area contributed by atoms with Gasteiger partial charge in [-0.2, -0.15) is 0 Å². The first-order valence-corrected chi connectivity index (χ1v) is 17.4. The summed E-state index contributed by atoms with van der Waals surface area (Å²) in [6.07, 6.45) is 1.70. The Bertz CT molecular complexity index is 2400. The average molecular weight is 652 g/mol. The predicted molar refractivity (Wildman–Crippen MR) is 203 cm³/mol. The summed E-state index contributed by atoms with van der Waals surface area (Å²) in [6.45, 7) is 11.9. The normalized spacial score (nSPS) is 13.0. The van der Waals surface area contributed by atoms with Crippen LogP contribution in [0.3, 0.4) is 0 Å². The maximum absolute atomic E-state index is 9.29. The van der Waals surface area contributed by atoms with Crippen LogP contribution in [0.15, 0.2) is 139 Å². The molecule has 2 heterocycles. The lowest BCUT2D eigenvalue weighted by Crippen LogP contribution is -2.16. The van der Waals surface area contributed by atoms with E-state index in [0.717, 1.165) is 21.9 Å². The van der Waals surface area contributed by atoms with Crippen LogP contribution in [0.1, 0.15) is 29.9 Å². The molecule has 2 aromatic heterocycles. The first-order chi connectivity index (χ1) is 23.4. The Morgan fingerprint density at radius 3 is 1.90 bits per heavy atom. The van der Waals surface area contributed by atoms with Crippen LogP contribution < -0.4 is 4.90 Å². The van der Waals surface area contributed by atoms with E-state index in [2.05, 4.69) is 151 Å². The molecule has 0 aliphatic heterocycles. The first-order valence-electron chi connectivity index (χ1n) is 15.8. The fourth-order valence-electron chi connectivity index (χ4n) is 6.79. The molecule has 5 aromatic carbocycles. The Morgan fingerprint density at radius 1 is 0.708 bits per heavy atom. The molecule has 0 unspecified atom stereocenters. The molecule has 3 nitrogen and oxygen atoms in total. The molecule has 0 radical (unpaired) electrons. The molecule has 8 rings (SSSR count).